The number of amides is 1. The van der Waals surface area contributed by atoms with E-state index in [9.17, 15) is 4.79 Å². The summed E-state index contributed by atoms with van der Waals surface area (Å²) in [6, 6.07) is 17.0. The fourth-order valence-electron chi connectivity index (χ4n) is 2.72. The molecule has 0 atom stereocenters. The molecule has 0 aliphatic carbocycles. The number of para-hydroxylation sites is 1. The number of halogens is 1. The van der Waals surface area contributed by atoms with Gasteiger partial charge in [0.15, 0.2) is 0 Å². The first-order valence-corrected chi connectivity index (χ1v) is 9.23. The van der Waals surface area contributed by atoms with Gasteiger partial charge in [0.2, 0.25) is 0 Å². The van der Waals surface area contributed by atoms with Crippen LogP contribution in [0.25, 0.3) is 21.5 Å². The first kappa shape index (κ1) is 16.7. The topological polar surface area (TPSA) is 54.9 Å². The Kier molecular flexibility index (Phi) is 4.65. The number of benzene rings is 1. The first-order chi connectivity index (χ1) is 12.7. The lowest BCUT2D eigenvalue weighted by Gasteiger charge is -2.10. The van der Waals surface area contributed by atoms with E-state index in [-0.39, 0.29) is 5.91 Å². The van der Waals surface area contributed by atoms with Crippen LogP contribution in [0.3, 0.4) is 0 Å². The highest BCUT2D eigenvalue weighted by Gasteiger charge is 2.14. The number of hydrogen-bond donors (Lipinski definition) is 1. The lowest BCUT2D eigenvalue weighted by atomic mass is 10.1. The minimum absolute atomic E-state index is 0.142. The first-order valence-electron chi connectivity index (χ1n) is 8.03. The predicted octanol–water partition coefficient (Wildman–Crippen LogP) is 4.94. The van der Waals surface area contributed by atoms with Crippen molar-refractivity contribution in [3.63, 3.8) is 0 Å². The van der Waals surface area contributed by atoms with Crippen LogP contribution in [0.1, 0.15) is 15.9 Å². The number of aromatic nitrogens is 2. The van der Waals surface area contributed by atoms with Crippen molar-refractivity contribution in [3.8, 4) is 10.6 Å². The van der Waals surface area contributed by atoms with Gasteiger partial charge in [-0.15, -0.1) is 11.3 Å². The number of fused-ring (bicyclic) bond motifs is 1. The second-order valence-electron chi connectivity index (χ2n) is 5.72. The molecule has 0 fully saturated rings. The Hall–Kier alpha value is -2.76. The van der Waals surface area contributed by atoms with Gasteiger partial charge in [0.05, 0.1) is 26.0 Å². The summed E-state index contributed by atoms with van der Waals surface area (Å²) in [7, 11) is 0. The van der Waals surface area contributed by atoms with E-state index in [4.69, 9.17) is 11.6 Å². The number of thiophene rings is 1. The lowest BCUT2D eigenvalue weighted by Crippen LogP contribution is -2.23. The maximum absolute atomic E-state index is 12.8. The fraction of sp³-hybridized carbons (Fsp3) is 0.0500. The molecule has 0 aliphatic rings. The zero-order valence-corrected chi connectivity index (χ0v) is 15.2. The third-order valence-electron chi connectivity index (χ3n) is 3.96. The number of carbonyl (C=O) groups excluding carboxylic acids is 1. The summed E-state index contributed by atoms with van der Waals surface area (Å²) in [6.45, 7) is 0.420. The van der Waals surface area contributed by atoms with Gasteiger partial charge >= 0.3 is 0 Å². The van der Waals surface area contributed by atoms with Crippen LogP contribution in [0.5, 0.6) is 0 Å². The Balaban J connectivity index is 1.71. The Morgan fingerprint density at radius 3 is 2.77 bits per heavy atom. The van der Waals surface area contributed by atoms with Gasteiger partial charge in [-0.25, -0.2) is 4.98 Å². The van der Waals surface area contributed by atoms with Gasteiger partial charge in [-0.1, -0.05) is 35.9 Å². The van der Waals surface area contributed by atoms with Crippen molar-refractivity contribution in [1.29, 1.82) is 0 Å². The highest BCUT2D eigenvalue weighted by molar-refractivity contribution is 7.19. The third kappa shape index (κ3) is 3.45. The Morgan fingerprint density at radius 1 is 1.12 bits per heavy atom. The molecule has 128 valence electrons. The number of nitrogens with zero attached hydrogens (tertiary/aromatic N) is 2. The molecule has 4 nitrogen and oxygen atoms in total. The zero-order chi connectivity index (χ0) is 17.9. The molecule has 26 heavy (non-hydrogen) atoms. The van der Waals surface area contributed by atoms with Crippen molar-refractivity contribution in [2.75, 3.05) is 0 Å². The molecular formula is C20H14ClN3OS. The molecule has 4 aromatic rings. The summed E-state index contributed by atoms with van der Waals surface area (Å²) < 4.78 is 0.692. The van der Waals surface area contributed by atoms with Gasteiger partial charge in [0.1, 0.15) is 0 Å². The zero-order valence-electron chi connectivity index (χ0n) is 13.6. The van der Waals surface area contributed by atoms with E-state index in [2.05, 4.69) is 15.3 Å². The highest BCUT2D eigenvalue weighted by Crippen LogP contribution is 2.32. The summed E-state index contributed by atoms with van der Waals surface area (Å²) in [5.41, 5.74) is 3.07. The number of rotatable bonds is 4. The smallest absolute Gasteiger partial charge is 0.252 e. The van der Waals surface area contributed by atoms with Crippen LogP contribution in [0.2, 0.25) is 4.34 Å². The summed E-state index contributed by atoms with van der Waals surface area (Å²) in [5.74, 6) is -0.142. The normalized spacial score (nSPS) is 10.8. The van der Waals surface area contributed by atoms with Crippen molar-refractivity contribution >= 4 is 39.7 Å². The molecule has 0 aliphatic heterocycles. The standard InChI is InChI=1S/C20H14ClN3OS/c21-19-8-7-18(26-19)17-10-15(14-5-1-2-6-16(14)24-17)20(25)23-12-13-4-3-9-22-11-13/h1-11H,12H2,(H,23,25). The van der Waals surface area contributed by atoms with E-state index in [0.29, 0.717) is 16.4 Å². The van der Waals surface area contributed by atoms with Gasteiger partial charge in [-0.05, 0) is 35.9 Å². The molecule has 4 rings (SSSR count). The molecule has 1 aromatic carbocycles. The van der Waals surface area contributed by atoms with Crippen LogP contribution < -0.4 is 5.32 Å². The van der Waals surface area contributed by atoms with E-state index < -0.39 is 0 Å². The Morgan fingerprint density at radius 2 is 2.00 bits per heavy atom. The number of hydrogen-bond acceptors (Lipinski definition) is 4. The van der Waals surface area contributed by atoms with E-state index in [1.807, 2.05) is 54.6 Å². The SMILES string of the molecule is O=C(NCc1cccnc1)c1cc(-c2ccc(Cl)s2)nc2ccccc12. The van der Waals surface area contributed by atoms with E-state index in [1.54, 1.807) is 12.4 Å². The van der Waals surface area contributed by atoms with Crippen molar-refractivity contribution in [3.05, 3.63) is 82.5 Å². The van der Waals surface area contributed by atoms with Crippen LogP contribution in [0, 0.1) is 0 Å². The summed E-state index contributed by atoms with van der Waals surface area (Å²) in [6.07, 6.45) is 3.45. The maximum Gasteiger partial charge on any atom is 0.252 e. The van der Waals surface area contributed by atoms with Gasteiger partial charge < -0.3 is 5.32 Å². The monoisotopic (exact) mass is 379 g/mol. The molecule has 0 spiro atoms. The maximum atomic E-state index is 12.8. The minimum atomic E-state index is -0.142. The molecule has 6 heteroatoms. The fourth-order valence-corrected chi connectivity index (χ4v) is 3.73. The molecule has 0 bridgehead atoms. The molecule has 1 amide bonds. The van der Waals surface area contributed by atoms with Crippen LogP contribution in [0.4, 0.5) is 0 Å². The van der Waals surface area contributed by atoms with Crippen LogP contribution >= 0.6 is 22.9 Å². The molecule has 0 saturated carbocycles. The average molecular weight is 380 g/mol. The van der Waals surface area contributed by atoms with Crippen LogP contribution in [0.15, 0.2) is 67.0 Å². The molecule has 3 heterocycles. The highest BCUT2D eigenvalue weighted by atomic mass is 35.5. The van der Waals surface area contributed by atoms with Gasteiger partial charge in [0, 0.05) is 24.3 Å². The van der Waals surface area contributed by atoms with E-state index in [0.717, 1.165) is 27.0 Å². The number of carbonyl (C=O) groups is 1. The van der Waals surface area contributed by atoms with E-state index in [1.165, 1.54) is 11.3 Å². The second kappa shape index (κ2) is 7.23. The summed E-state index contributed by atoms with van der Waals surface area (Å²) >= 11 is 7.50. The Bertz CT molecular complexity index is 1080. The molecular weight excluding hydrogens is 366 g/mol. The van der Waals surface area contributed by atoms with E-state index >= 15 is 0 Å². The summed E-state index contributed by atoms with van der Waals surface area (Å²) in [4.78, 5) is 22.5. The van der Waals surface area contributed by atoms with Crippen LogP contribution in [-0.4, -0.2) is 15.9 Å². The lowest BCUT2D eigenvalue weighted by molar-refractivity contribution is 0.0952. The predicted molar refractivity (Wildman–Crippen MR) is 105 cm³/mol. The van der Waals surface area contributed by atoms with Gasteiger partial charge in [-0.3, -0.25) is 9.78 Å². The van der Waals surface area contributed by atoms with Crippen molar-refractivity contribution in [2.45, 2.75) is 6.54 Å². The molecule has 3 aromatic heterocycles. The molecule has 0 saturated heterocycles. The quantitative estimate of drug-likeness (QED) is 0.546. The minimum Gasteiger partial charge on any atom is -0.348 e. The average Bonchev–Trinajstić information content (AvgIpc) is 3.12. The van der Waals surface area contributed by atoms with Crippen molar-refractivity contribution in [2.24, 2.45) is 0 Å². The Labute approximate surface area is 159 Å². The molecule has 1 N–H and O–H groups in total. The molecule has 0 unspecified atom stereocenters. The third-order valence-corrected chi connectivity index (χ3v) is 5.22. The van der Waals surface area contributed by atoms with Gasteiger partial charge in [-0.2, -0.15) is 0 Å². The molecule has 0 radical (unpaired) electrons. The number of nitrogens with one attached hydrogen (secondary N) is 1. The largest absolute Gasteiger partial charge is 0.348 e. The number of pyridine rings is 2. The summed E-state index contributed by atoms with van der Waals surface area (Å²) in [5, 5.41) is 3.78. The van der Waals surface area contributed by atoms with Gasteiger partial charge in [0.25, 0.3) is 5.91 Å². The van der Waals surface area contributed by atoms with Crippen LogP contribution in [-0.2, 0) is 6.54 Å². The second-order valence-corrected chi connectivity index (χ2v) is 7.43. The van der Waals surface area contributed by atoms with Crippen molar-refractivity contribution in [1.82, 2.24) is 15.3 Å². The van der Waals surface area contributed by atoms with Crippen molar-refractivity contribution < 1.29 is 4.79 Å².